The molecule has 0 spiro atoms. The quantitative estimate of drug-likeness (QED) is 0.263. The van der Waals surface area contributed by atoms with Gasteiger partial charge in [-0.05, 0) is 42.0 Å². The molecule has 0 fully saturated rings. The van der Waals surface area contributed by atoms with Crippen molar-refractivity contribution in [2.75, 3.05) is 10.7 Å². The second kappa shape index (κ2) is 10.9. The fraction of sp³-hybridized carbons (Fsp3) is 0.0690. The molecule has 5 rings (SSSR count). The lowest BCUT2D eigenvalue weighted by Gasteiger charge is -2.23. The maximum Gasteiger partial charge on any atom is 0.242 e. The van der Waals surface area contributed by atoms with E-state index in [-0.39, 0.29) is 17.4 Å². The zero-order chi connectivity index (χ0) is 24.7. The Hall–Kier alpha value is -4.36. The number of hydrogen-bond donors (Lipinski definition) is 1. The van der Waals surface area contributed by atoms with Gasteiger partial charge < -0.3 is 5.11 Å². The van der Waals surface area contributed by atoms with Gasteiger partial charge in [0.25, 0.3) is 0 Å². The average molecular weight is 493 g/mol. The normalized spacial score (nSPS) is 10.8. The van der Waals surface area contributed by atoms with E-state index in [2.05, 4.69) is 10.2 Å². The van der Waals surface area contributed by atoms with Gasteiger partial charge in [0.1, 0.15) is 5.75 Å². The first-order valence-electron chi connectivity index (χ1n) is 11.5. The molecule has 0 aliphatic heterocycles. The first kappa shape index (κ1) is 23.4. The lowest BCUT2D eigenvalue weighted by Crippen LogP contribution is -2.27. The number of para-hydroxylation sites is 3. The molecule has 6 nitrogen and oxygen atoms in total. The van der Waals surface area contributed by atoms with Crippen LogP contribution in [0.1, 0.15) is 5.56 Å². The molecule has 178 valence electrons. The molecule has 7 heteroatoms. The minimum atomic E-state index is -0.0734. The molecule has 4 aromatic carbocycles. The maximum absolute atomic E-state index is 13.5. The van der Waals surface area contributed by atoms with Crippen molar-refractivity contribution < 1.29 is 9.90 Å². The van der Waals surface area contributed by atoms with E-state index in [0.717, 1.165) is 16.9 Å². The van der Waals surface area contributed by atoms with Crippen molar-refractivity contribution in [3.8, 4) is 17.1 Å². The summed E-state index contributed by atoms with van der Waals surface area (Å²) >= 11 is 1.33. The number of anilines is 2. The zero-order valence-corrected chi connectivity index (χ0v) is 20.3. The van der Waals surface area contributed by atoms with Crippen molar-refractivity contribution >= 4 is 29.0 Å². The Morgan fingerprint density at radius 3 is 1.92 bits per heavy atom. The number of phenols is 1. The van der Waals surface area contributed by atoms with Crippen LogP contribution in [0, 0.1) is 0 Å². The molecule has 0 aliphatic rings. The SMILES string of the molecule is O=C(CSc1nnc(-c2ccccc2O)n1Cc1ccccc1)N(c1ccccc1)c1ccccc1. The lowest BCUT2D eigenvalue weighted by molar-refractivity contribution is -0.115. The third kappa shape index (κ3) is 5.16. The van der Waals surface area contributed by atoms with E-state index < -0.39 is 0 Å². The Balaban J connectivity index is 1.45. The number of carbonyl (C=O) groups is 1. The molecule has 1 amide bonds. The fourth-order valence-corrected chi connectivity index (χ4v) is 4.74. The van der Waals surface area contributed by atoms with Crippen LogP contribution in [0.5, 0.6) is 5.75 Å². The third-order valence-electron chi connectivity index (χ3n) is 5.65. The molecule has 0 unspecified atom stereocenters. The van der Waals surface area contributed by atoms with Gasteiger partial charge in [-0.1, -0.05) is 90.6 Å². The standard InChI is InChI=1S/C29H24N4O2S/c34-26-19-11-10-18-25(26)28-30-31-29(32(28)20-22-12-4-1-5-13-22)36-21-27(35)33(23-14-6-2-7-15-23)24-16-8-3-9-17-24/h1-19,34H,20-21H2. The van der Waals surface area contributed by atoms with Gasteiger partial charge in [-0.25, -0.2) is 0 Å². The second-order valence-electron chi connectivity index (χ2n) is 8.08. The number of hydrogen-bond acceptors (Lipinski definition) is 5. The number of amides is 1. The number of carbonyl (C=O) groups excluding carboxylic acids is 1. The Morgan fingerprint density at radius 2 is 1.31 bits per heavy atom. The maximum atomic E-state index is 13.5. The molecule has 36 heavy (non-hydrogen) atoms. The summed E-state index contributed by atoms with van der Waals surface area (Å²) in [5.74, 6) is 0.772. The van der Waals surface area contributed by atoms with E-state index in [1.54, 1.807) is 17.0 Å². The number of nitrogens with zero attached hydrogens (tertiary/aromatic N) is 4. The van der Waals surface area contributed by atoms with Crippen molar-refractivity contribution in [3.05, 3.63) is 121 Å². The van der Waals surface area contributed by atoms with Crippen LogP contribution in [0.2, 0.25) is 0 Å². The second-order valence-corrected chi connectivity index (χ2v) is 9.03. The molecular weight excluding hydrogens is 468 g/mol. The topological polar surface area (TPSA) is 71.2 Å². The number of aromatic nitrogens is 3. The monoisotopic (exact) mass is 492 g/mol. The highest BCUT2D eigenvalue weighted by Gasteiger charge is 2.22. The van der Waals surface area contributed by atoms with Crippen LogP contribution >= 0.6 is 11.8 Å². The Morgan fingerprint density at radius 1 is 0.750 bits per heavy atom. The van der Waals surface area contributed by atoms with Crippen molar-refractivity contribution in [3.63, 3.8) is 0 Å². The first-order valence-corrected chi connectivity index (χ1v) is 12.5. The molecule has 0 radical (unpaired) electrons. The Kier molecular flexibility index (Phi) is 7.10. The van der Waals surface area contributed by atoms with E-state index in [0.29, 0.717) is 23.1 Å². The summed E-state index contributed by atoms with van der Waals surface area (Å²) in [4.78, 5) is 15.2. The number of benzene rings is 4. The predicted octanol–water partition coefficient (Wildman–Crippen LogP) is 6.16. The number of thioether (sulfide) groups is 1. The minimum Gasteiger partial charge on any atom is -0.507 e. The van der Waals surface area contributed by atoms with Crippen molar-refractivity contribution in [1.82, 2.24) is 14.8 Å². The van der Waals surface area contributed by atoms with Crippen LogP contribution in [0.3, 0.4) is 0 Å². The molecular formula is C29H24N4O2S. The summed E-state index contributed by atoms with van der Waals surface area (Å²) in [7, 11) is 0. The van der Waals surface area contributed by atoms with Crippen LogP contribution in [-0.4, -0.2) is 31.5 Å². The van der Waals surface area contributed by atoms with E-state index in [9.17, 15) is 9.90 Å². The predicted molar refractivity (Wildman–Crippen MR) is 143 cm³/mol. The highest BCUT2D eigenvalue weighted by Crippen LogP contribution is 2.32. The summed E-state index contributed by atoms with van der Waals surface area (Å²) in [5.41, 5.74) is 3.26. The third-order valence-corrected chi connectivity index (χ3v) is 6.60. The molecule has 0 saturated carbocycles. The Labute approximate surface area is 213 Å². The van der Waals surface area contributed by atoms with Crippen LogP contribution < -0.4 is 4.90 Å². The van der Waals surface area contributed by atoms with Crippen LogP contribution in [-0.2, 0) is 11.3 Å². The molecule has 1 N–H and O–H groups in total. The average Bonchev–Trinajstić information content (AvgIpc) is 3.31. The summed E-state index contributed by atoms with van der Waals surface area (Å²) in [6, 6.07) is 36.3. The zero-order valence-electron chi connectivity index (χ0n) is 19.4. The van der Waals surface area contributed by atoms with Gasteiger partial charge in [-0.15, -0.1) is 10.2 Å². The smallest absolute Gasteiger partial charge is 0.242 e. The summed E-state index contributed by atoms with van der Waals surface area (Å²) < 4.78 is 1.94. The van der Waals surface area contributed by atoms with Gasteiger partial charge in [-0.2, -0.15) is 0 Å². The van der Waals surface area contributed by atoms with Gasteiger partial charge in [0, 0.05) is 11.4 Å². The number of phenolic OH excluding ortho intramolecular Hbond substituents is 1. The summed E-state index contributed by atoms with van der Waals surface area (Å²) in [6.45, 7) is 0.509. The lowest BCUT2D eigenvalue weighted by atomic mass is 10.1. The highest BCUT2D eigenvalue weighted by molar-refractivity contribution is 7.99. The molecule has 0 bridgehead atoms. The summed E-state index contributed by atoms with van der Waals surface area (Å²) in [5, 5.41) is 19.9. The van der Waals surface area contributed by atoms with Gasteiger partial charge in [0.2, 0.25) is 5.91 Å². The summed E-state index contributed by atoms with van der Waals surface area (Å²) in [6.07, 6.45) is 0. The van der Waals surface area contributed by atoms with Gasteiger partial charge in [0.15, 0.2) is 11.0 Å². The molecule has 1 aromatic heterocycles. The van der Waals surface area contributed by atoms with Crippen molar-refractivity contribution in [2.45, 2.75) is 11.7 Å². The molecule has 0 atom stereocenters. The minimum absolute atomic E-state index is 0.0734. The van der Waals surface area contributed by atoms with Gasteiger partial charge >= 0.3 is 0 Å². The van der Waals surface area contributed by atoms with E-state index in [4.69, 9.17) is 0 Å². The van der Waals surface area contributed by atoms with Gasteiger partial charge in [-0.3, -0.25) is 14.3 Å². The number of aromatic hydroxyl groups is 1. The Bertz CT molecular complexity index is 1400. The largest absolute Gasteiger partial charge is 0.507 e. The molecule has 1 heterocycles. The van der Waals surface area contributed by atoms with Crippen molar-refractivity contribution in [1.29, 1.82) is 0 Å². The number of rotatable bonds is 8. The molecule has 0 saturated heterocycles. The fourth-order valence-electron chi connectivity index (χ4n) is 3.95. The van der Waals surface area contributed by atoms with E-state index >= 15 is 0 Å². The van der Waals surface area contributed by atoms with E-state index in [1.165, 1.54) is 11.8 Å². The van der Waals surface area contributed by atoms with Crippen LogP contribution in [0.25, 0.3) is 11.4 Å². The molecule has 5 aromatic rings. The van der Waals surface area contributed by atoms with Gasteiger partial charge in [0.05, 0.1) is 17.9 Å². The molecule has 0 aliphatic carbocycles. The van der Waals surface area contributed by atoms with Crippen molar-refractivity contribution in [2.24, 2.45) is 0 Å². The van der Waals surface area contributed by atoms with Crippen LogP contribution in [0.15, 0.2) is 120 Å². The first-order chi connectivity index (χ1) is 17.7. The van der Waals surface area contributed by atoms with E-state index in [1.807, 2.05) is 108 Å². The van der Waals surface area contributed by atoms with Crippen LogP contribution in [0.4, 0.5) is 11.4 Å². The highest BCUT2D eigenvalue weighted by atomic mass is 32.2.